The van der Waals surface area contributed by atoms with Gasteiger partial charge in [-0.1, -0.05) is 92.6 Å². The van der Waals surface area contributed by atoms with Crippen molar-refractivity contribution in [2.75, 3.05) is 0 Å². The Bertz CT molecular complexity index is 1730. The maximum atomic E-state index is 15.1. The van der Waals surface area contributed by atoms with E-state index in [1.807, 2.05) is 12.3 Å². The van der Waals surface area contributed by atoms with E-state index in [4.69, 9.17) is 9.73 Å². The standard InChI is InChI=1S/C46H63NO4/c1-28(2)39-33(49)25-46(37(50)26-41(4,5)36-24-31(27-47-36)30-14-12-11-13-15-30)23-22-44(9)32(40(39)46)16-17-35-43(8)20-19-38(51-29(3)48)42(6,7)34(43)18-21-45(35,44)10/h11-15,27-28,32,34-35,38H,16-26H2,1-10H3/t32-,34+,35-,38+,43+,44-,45-,46+/m1/s1. The highest BCUT2D eigenvalue weighted by atomic mass is 16.5. The van der Waals surface area contributed by atoms with E-state index in [1.165, 1.54) is 16.7 Å². The van der Waals surface area contributed by atoms with Gasteiger partial charge in [0.15, 0.2) is 5.78 Å². The zero-order chi connectivity index (χ0) is 36.9. The maximum absolute atomic E-state index is 15.1. The quantitative estimate of drug-likeness (QED) is 0.267. The van der Waals surface area contributed by atoms with Gasteiger partial charge < -0.3 is 4.74 Å². The predicted octanol–water partition coefficient (Wildman–Crippen LogP) is 10.8. The summed E-state index contributed by atoms with van der Waals surface area (Å²) in [5.41, 5.74) is 4.77. The molecule has 5 nitrogen and oxygen atoms in total. The van der Waals surface area contributed by atoms with Gasteiger partial charge in [0.25, 0.3) is 0 Å². The first kappa shape index (κ1) is 36.5. The average molecular weight is 694 g/mol. The Kier molecular flexibility index (Phi) is 8.67. The van der Waals surface area contributed by atoms with Crippen molar-refractivity contribution >= 4 is 28.8 Å². The number of ketones is 2. The number of carbonyl (C=O) groups excluding carboxylic acids is 3. The number of esters is 1. The fourth-order valence-electron chi connectivity index (χ4n) is 13.7. The van der Waals surface area contributed by atoms with Gasteiger partial charge in [-0.3, -0.25) is 19.4 Å². The second-order valence-corrected chi connectivity index (χ2v) is 20.0. The Morgan fingerprint density at radius 3 is 2.27 bits per heavy atom. The molecule has 6 aliphatic rings. The number of benzene rings is 1. The summed E-state index contributed by atoms with van der Waals surface area (Å²) in [6.07, 6.45) is 11.7. The van der Waals surface area contributed by atoms with Crippen molar-refractivity contribution in [2.45, 2.75) is 146 Å². The molecule has 4 saturated carbocycles. The Labute approximate surface area is 307 Å². The molecule has 7 rings (SSSR count). The van der Waals surface area contributed by atoms with Gasteiger partial charge in [0, 0.05) is 48.9 Å². The van der Waals surface area contributed by atoms with Crippen LogP contribution in [0.3, 0.4) is 0 Å². The summed E-state index contributed by atoms with van der Waals surface area (Å²) >= 11 is 0. The Morgan fingerprint density at radius 1 is 0.902 bits per heavy atom. The first-order chi connectivity index (χ1) is 23.8. The van der Waals surface area contributed by atoms with Crippen molar-refractivity contribution in [3.05, 3.63) is 53.2 Å². The minimum absolute atomic E-state index is 0.00417. The molecule has 1 aromatic rings. The smallest absolute Gasteiger partial charge is 0.302 e. The minimum Gasteiger partial charge on any atom is -0.462 e. The lowest BCUT2D eigenvalue weighted by atomic mass is 9.33. The summed E-state index contributed by atoms with van der Waals surface area (Å²) in [6, 6.07) is 10.4. The lowest BCUT2D eigenvalue weighted by Crippen LogP contribution is -2.66. The third kappa shape index (κ3) is 5.27. The van der Waals surface area contributed by atoms with E-state index in [-0.39, 0.29) is 57.1 Å². The van der Waals surface area contributed by atoms with Gasteiger partial charge in [0.1, 0.15) is 11.9 Å². The summed E-state index contributed by atoms with van der Waals surface area (Å²) < 4.78 is 5.97. The zero-order valence-corrected chi connectivity index (χ0v) is 33.2. The lowest BCUT2D eigenvalue weighted by Gasteiger charge is -2.72. The maximum Gasteiger partial charge on any atom is 0.302 e. The van der Waals surface area contributed by atoms with Crippen LogP contribution >= 0.6 is 0 Å². The number of allylic oxidation sites excluding steroid dienone is 3. The molecule has 1 aliphatic heterocycles. The second kappa shape index (κ2) is 12.1. The summed E-state index contributed by atoms with van der Waals surface area (Å²) in [7, 11) is 0. The summed E-state index contributed by atoms with van der Waals surface area (Å²) in [5.74, 6) is 1.69. The molecule has 0 saturated heterocycles. The van der Waals surface area contributed by atoms with Gasteiger partial charge in [0.2, 0.25) is 0 Å². The molecule has 8 atom stereocenters. The molecule has 0 bridgehead atoms. The zero-order valence-electron chi connectivity index (χ0n) is 33.2. The highest BCUT2D eigenvalue weighted by molar-refractivity contribution is 6.09. The Balaban J connectivity index is 1.19. The molecule has 1 aromatic carbocycles. The molecular weight excluding hydrogens is 631 g/mol. The van der Waals surface area contributed by atoms with E-state index < -0.39 is 10.8 Å². The molecule has 1 heterocycles. The van der Waals surface area contributed by atoms with Crippen molar-refractivity contribution in [3.63, 3.8) is 0 Å². The highest BCUT2D eigenvalue weighted by Gasteiger charge is 2.71. The van der Waals surface area contributed by atoms with E-state index >= 15 is 4.79 Å². The van der Waals surface area contributed by atoms with Crippen LogP contribution in [-0.2, 0) is 19.1 Å². The Morgan fingerprint density at radius 2 is 1.61 bits per heavy atom. The normalized spacial score (nSPS) is 38.7. The van der Waals surface area contributed by atoms with E-state index in [1.54, 1.807) is 6.92 Å². The molecule has 276 valence electrons. The summed E-state index contributed by atoms with van der Waals surface area (Å²) in [6.45, 7) is 22.7. The highest BCUT2D eigenvalue weighted by Crippen LogP contribution is 2.77. The molecular formula is C46H63NO4. The number of ether oxygens (including phenoxy) is 1. The number of fused-ring (bicyclic) bond motifs is 7. The number of aliphatic imine (C=N–C) groups is 1. The summed E-state index contributed by atoms with van der Waals surface area (Å²) in [5, 5.41) is 0. The summed E-state index contributed by atoms with van der Waals surface area (Å²) in [4.78, 5) is 46.3. The van der Waals surface area contributed by atoms with Crippen LogP contribution in [0.2, 0.25) is 0 Å². The molecule has 0 amide bonds. The first-order valence-electron chi connectivity index (χ1n) is 20.1. The molecule has 51 heavy (non-hydrogen) atoms. The average Bonchev–Trinajstić information content (AvgIpc) is 3.67. The largest absolute Gasteiger partial charge is 0.462 e. The van der Waals surface area contributed by atoms with Crippen molar-refractivity contribution in [3.8, 4) is 0 Å². The fourth-order valence-corrected chi connectivity index (χ4v) is 13.7. The van der Waals surface area contributed by atoms with Crippen LogP contribution in [0, 0.1) is 56.2 Å². The van der Waals surface area contributed by atoms with Crippen molar-refractivity contribution in [1.82, 2.24) is 0 Å². The third-order valence-corrected chi connectivity index (χ3v) is 16.5. The topological polar surface area (TPSA) is 72.8 Å². The van der Waals surface area contributed by atoms with Gasteiger partial charge in [-0.05, 0) is 114 Å². The number of hydrogen-bond donors (Lipinski definition) is 0. The van der Waals surface area contributed by atoms with E-state index in [9.17, 15) is 9.59 Å². The number of hydrogen-bond acceptors (Lipinski definition) is 5. The van der Waals surface area contributed by atoms with E-state index in [0.717, 1.165) is 69.1 Å². The lowest BCUT2D eigenvalue weighted by molar-refractivity contribution is -0.232. The van der Waals surface area contributed by atoms with Crippen LogP contribution in [0.15, 0.2) is 52.7 Å². The van der Waals surface area contributed by atoms with Gasteiger partial charge in [0.05, 0.1) is 5.41 Å². The van der Waals surface area contributed by atoms with Crippen molar-refractivity contribution < 1.29 is 19.1 Å². The molecule has 0 aromatic heterocycles. The SMILES string of the molecule is CC(=O)O[C@H]1CC[C@]2(C)[C@H]3CC[C@@H]4C5=C(C(C)C)C(=O)C[C@]5(C(=O)CC(C)(C)C5=NC=C(c6ccccc6)C5)CC[C@@]4(C)[C@]3(C)CC[C@H]2C1(C)C. The van der Waals surface area contributed by atoms with Crippen molar-refractivity contribution in [2.24, 2.45) is 61.2 Å². The molecule has 5 heteroatoms. The predicted molar refractivity (Wildman–Crippen MR) is 205 cm³/mol. The van der Waals surface area contributed by atoms with Crippen LogP contribution in [0.25, 0.3) is 5.57 Å². The van der Waals surface area contributed by atoms with E-state index in [0.29, 0.717) is 24.7 Å². The number of carbonyl (C=O) groups is 3. The van der Waals surface area contributed by atoms with Crippen molar-refractivity contribution in [1.29, 1.82) is 0 Å². The molecule has 0 radical (unpaired) electrons. The van der Waals surface area contributed by atoms with Gasteiger partial charge in [-0.15, -0.1) is 0 Å². The Hall–Kier alpha value is -2.82. The number of nitrogens with zero attached hydrogens (tertiary/aromatic N) is 1. The fraction of sp³-hybridized carbons (Fsp3) is 0.696. The van der Waals surface area contributed by atoms with E-state index in [2.05, 4.69) is 86.6 Å². The molecule has 0 N–H and O–H groups in total. The third-order valence-electron chi connectivity index (χ3n) is 16.5. The minimum atomic E-state index is -0.693. The van der Waals surface area contributed by atoms with Crippen LogP contribution in [0.5, 0.6) is 0 Å². The molecule has 0 unspecified atom stereocenters. The second-order valence-electron chi connectivity index (χ2n) is 20.0. The van der Waals surface area contributed by atoms with Crippen LogP contribution in [0.1, 0.15) is 145 Å². The molecule has 0 spiro atoms. The number of rotatable bonds is 7. The van der Waals surface area contributed by atoms with Crippen LogP contribution < -0.4 is 0 Å². The molecule has 4 fully saturated rings. The van der Waals surface area contributed by atoms with Crippen LogP contribution in [-0.4, -0.2) is 29.4 Å². The number of Topliss-reactive ketones (excluding diaryl/α,β-unsaturated/α-hetero) is 2. The van der Waals surface area contributed by atoms with Gasteiger partial charge in [-0.2, -0.15) is 0 Å². The van der Waals surface area contributed by atoms with Crippen LogP contribution in [0.4, 0.5) is 0 Å². The molecule has 5 aliphatic carbocycles. The van der Waals surface area contributed by atoms with Gasteiger partial charge >= 0.3 is 5.97 Å². The van der Waals surface area contributed by atoms with Gasteiger partial charge in [-0.25, -0.2) is 0 Å². The monoisotopic (exact) mass is 693 g/mol. The first-order valence-corrected chi connectivity index (χ1v) is 20.1.